The molecule has 20 heavy (non-hydrogen) atoms. The van der Waals surface area contributed by atoms with Gasteiger partial charge in [-0.25, -0.2) is 4.79 Å². The molecule has 0 aliphatic rings. The summed E-state index contributed by atoms with van der Waals surface area (Å²) in [6, 6.07) is 7.36. The highest BCUT2D eigenvalue weighted by molar-refractivity contribution is 9.10. The number of anilines is 1. The molecule has 1 unspecified atom stereocenters. The Morgan fingerprint density at radius 2 is 2.20 bits per heavy atom. The van der Waals surface area contributed by atoms with Gasteiger partial charge in [-0.1, -0.05) is 11.6 Å². The molecule has 1 heterocycles. The fraction of sp³-hybridized carbons (Fsp3) is 0.214. The summed E-state index contributed by atoms with van der Waals surface area (Å²) in [5, 5.41) is 5.75. The predicted molar refractivity (Wildman–Crippen MR) is 86.8 cm³/mol. The van der Waals surface area contributed by atoms with Gasteiger partial charge in [0.25, 0.3) is 0 Å². The first kappa shape index (κ1) is 15.4. The second-order valence-corrected chi connectivity index (χ2v) is 6.39. The van der Waals surface area contributed by atoms with E-state index < -0.39 is 5.97 Å². The van der Waals surface area contributed by atoms with Crippen LogP contribution in [0.1, 0.15) is 28.2 Å². The van der Waals surface area contributed by atoms with Gasteiger partial charge in [-0.05, 0) is 52.5 Å². The fourth-order valence-corrected chi connectivity index (χ4v) is 3.73. The van der Waals surface area contributed by atoms with Crippen LogP contribution in [0.3, 0.4) is 0 Å². The van der Waals surface area contributed by atoms with Gasteiger partial charge in [-0.15, -0.1) is 11.3 Å². The fourth-order valence-electron chi connectivity index (χ4n) is 1.81. The molecule has 6 heteroatoms. The van der Waals surface area contributed by atoms with E-state index in [4.69, 9.17) is 16.3 Å². The van der Waals surface area contributed by atoms with E-state index in [1.54, 1.807) is 23.5 Å². The molecule has 0 bridgehead atoms. The van der Waals surface area contributed by atoms with E-state index in [9.17, 15) is 4.79 Å². The monoisotopic (exact) mass is 373 g/mol. The number of methoxy groups -OCH3 is 1. The summed E-state index contributed by atoms with van der Waals surface area (Å²) in [5.74, 6) is -0.441. The molecule has 2 aromatic rings. The third-order valence-corrected chi connectivity index (χ3v) is 5.18. The van der Waals surface area contributed by atoms with Crippen LogP contribution in [0.5, 0.6) is 0 Å². The molecule has 1 N–H and O–H groups in total. The number of benzene rings is 1. The lowest BCUT2D eigenvalue weighted by atomic mass is 10.2. The van der Waals surface area contributed by atoms with Gasteiger partial charge in [0.1, 0.15) is 0 Å². The number of carbonyl (C=O) groups is 1. The summed E-state index contributed by atoms with van der Waals surface area (Å²) in [5.41, 5.74) is 1.18. The molecule has 0 aliphatic carbocycles. The van der Waals surface area contributed by atoms with Crippen LogP contribution in [0, 0.1) is 0 Å². The molecule has 1 aromatic carbocycles. The Morgan fingerprint density at radius 3 is 2.80 bits per heavy atom. The maximum atomic E-state index is 11.6. The molecule has 0 amide bonds. The summed E-state index contributed by atoms with van der Waals surface area (Å²) in [4.78, 5) is 12.8. The van der Waals surface area contributed by atoms with Crippen LogP contribution in [-0.2, 0) is 4.74 Å². The number of nitrogens with one attached hydrogen (secondary N) is 1. The molecular weight excluding hydrogens is 362 g/mol. The molecule has 106 valence electrons. The van der Waals surface area contributed by atoms with E-state index in [-0.39, 0.29) is 6.04 Å². The highest BCUT2D eigenvalue weighted by Gasteiger charge is 2.14. The van der Waals surface area contributed by atoms with E-state index in [2.05, 4.69) is 28.2 Å². The van der Waals surface area contributed by atoms with Gasteiger partial charge in [0.15, 0.2) is 0 Å². The molecule has 0 saturated carbocycles. The van der Waals surface area contributed by atoms with Crippen molar-refractivity contribution in [3.63, 3.8) is 0 Å². The second-order valence-electron chi connectivity index (χ2n) is 4.19. The normalized spacial score (nSPS) is 12.0. The van der Waals surface area contributed by atoms with Crippen LogP contribution >= 0.6 is 38.9 Å². The van der Waals surface area contributed by atoms with Crippen molar-refractivity contribution < 1.29 is 9.53 Å². The third-order valence-electron chi connectivity index (χ3n) is 2.79. The zero-order valence-electron chi connectivity index (χ0n) is 10.9. The Balaban J connectivity index is 2.22. The zero-order valence-corrected chi connectivity index (χ0v) is 14.1. The van der Waals surface area contributed by atoms with Crippen molar-refractivity contribution in [2.75, 3.05) is 12.4 Å². The van der Waals surface area contributed by atoms with Crippen LogP contribution in [0.2, 0.25) is 5.02 Å². The quantitative estimate of drug-likeness (QED) is 0.754. The van der Waals surface area contributed by atoms with Crippen molar-refractivity contribution in [1.29, 1.82) is 0 Å². The number of hydrogen-bond donors (Lipinski definition) is 1. The van der Waals surface area contributed by atoms with E-state index in [1.807, 2.05) is 17.5 Å². The van der Waals surface area contributed by atoms with E-state index in [0.29, 0.717) is 10.6 Å². The van der Waals surface area contributed by atoms with Crippen LogP contribution in [-0.4, -0.2) is 13.1 Å². The molecule has 1 aromatic heterocycles. The molecular formula is C14H13BrClNO2S. The summed E-state index contributed by atoms with van der Waals surface area (Å²) >= 11 is 11.2. The van der Waals surface area contributed by atoms with Gasteiger partial charge in [-0.3, -0.25) is 0 Å². The van der Waals surface area contributed by atoms with Crippen molar-refractivity contribution in [2.45, 2.75) is 13.0 Å². The zero-order chi connectivity index (χ0) is 14.7. The number of halogens is 2. The van der Waals surface area contributed by atoms with E-state index >= 15 is 0 Å². The smallest absolute Gasteiger partial charge is 0.339 e. The first-order chi connectivity index (χ1) is 9.52. The molecule has 0 aliphatic heterocycles. The summed E-state index contributed by atoms with van der Waals surface area (Å²) in [7, 11) is 1.34. The number of ether oxygens (including phenoxy) is 1. The first-order valence-corrected chi connectivity index (χ1v) is 7.95. The lowest BCUT2D eigenvalue weighted by Gasteiger charge is -2.15. The second kappa shape index (κ2) is 6.61. The van der Waals surface area contributed by atoms with Gasteiger partial charge >= 0.3 is 5.97 Å². The minimum atomic E-state index is -0.441. The number of rotatable bonds is 4. The van der Waals surface area contributed by atoms with E-state index in [0.717, 1.165) is 10.2 Å². The minimum Gasteiger partial charge on any atom is -0.465 e. The lowest BCUT2D eigenvalue weighted by molar-refractivity contribution is 0.0601. The number of hydrogen-bond acceptors (Lipinski definition) is 4. The predicted octanol–water partition coefficient (Wildman–Crippen LogP) is 5.12. The number of carbonyl (C=O) groups excluding carboxylic acids is 1. The topological polar surface area (TPSA) is 38.3 Å². The van der Waals surface area contributed by atoms with Gasteiger partial charge < -0.3 is 10.1 Å². The first-order valence-electron chi connectivity index (χ1n) is 5.90. The third kappa shape index (κ3) is 3.34. The molecule has 2 rings (SSSR count). The molecule has 0 spiro atoms. The van der Waals surface area contributed by atoms with Crippen molar-refractivity contribution in [3.8, 4) is 0 Å². The Labute approximate surface area is 135 Å². The van der Waals surface area contributed by atoms with Crippen molar-refractivity contribution in [1.82, 2.24) is 0 Å². The summed E-state index contributed by atoms with van der Waals surface area (Å²) in [6.45, 7) is 2.06. The van der Waals surface area contributed by atoms with Gasteiger partial charge in [0.2, 0.25) is 0 Å². The van der Waals surface area contributed by atoms with Crippen molar-refractivity contribution in [3.05, 3.63) is 49.6 Å². The average molecular weight is 375 g/mol. The molecule has 1 atom stereocenters. The van der Waals surface area contributed by atoms with Gasteiger partial charge in [0.05, 0.1) is 23.7 Å². The van der Waals surface area contributed by atoms with Crippen molar-refractivity contribution in [2.24, 2.45) is 0 Å². The molecule has 0 fully saturated rings. The molecule has 0 saturated heterocycles. The maximum absolute atomic E-state index is 11.6. The van der Waals surface area contributed by atoms with Gasteiger partial charge in [-0.2, -0.15) is 0 Å². The van der Waals surface area contributed by atoms with Gasteiger partial charge in [0, 0.05) is 15.0 Å². The number of thiophene rings is 1. The largest absolute Gasteiger partial charge is 0.465 e. The molecule has 3 nitrogen and oxygen atoms in total. The number of esters is 1. The Bertz CT molecular complexity index is 629. The average Bonchev–Trinajstić information content (AvgIpc) is 2.86. The van der Waals surface area contributed by atoms with Crippen molar-refractivity contribution >= 4 is 50.5 Å². The Kier molecular flexibility index (Phi) is 5.07. The minimum absolute atomic E-state index is 0.121. The van der Waals surface area contributed by atoms with Crippen LogP contribution in [0.15, 0.2) is 34.1 Å². The standard InChI is InChI=1S/C14H13BrClNO2S/c1-8(13-11(15)5-6-20-13)17-9-3-4-12(16)10(7-9)14(18)19-2/h3-8,17H,1-2H3. The van der Waals surface area contributed by atoms with Crippen LogP contribution in [0.25, 0.3) is 0 Å². The SMILES string of the molecule is COC(=O)c1cc(NC(C)c2sccc2Br)ccc1Cl. The summed E-state index contributed by atoms with van der Waals surface area (Å²) < 4.78 is 5.79. The highest BCUT2D eigenvalue weighted by Crippen LogP contribution is 2.31. The van der Waals surface area contributed by atoms with Crippen LogP contribution < -0.4 is 5.32 Å². The molecule has 0 radical (unpaired) electrons. The Morgan fingerprint density at radius 1 is 1.45 bits per heavy atom. The van der Waals surface area contributed by atoms with Crippen LogP contribution in [0.4, 0.5) is 5.69 Å². The van der Waals surface area contributed by atoms with E-state index in [1.165, 1.54) is 12.0 Å². The highest BCUT2D eigenvalue weighted by atomic mass is 79.9. The summed E-state index contributed by atoms with van der Waals surface area (Å²) in [6.07, 6.45) is 0. The Hall–Kier alpha value is -1.04. The lowest BCUT2D eigenvalue weighted by Crippen LogP contribution is -2.08. The maximum Gasteiger partial charge on any atom is 0.339 e.